The van der Waals surface area contributed by atoms with Crippen LogP contribution >= 0.6 is 0 Å². The number of halogens is 1. The lowest BCUT2D eigenvalue weighted by molar-refractivity contribution is -0.205. The third-order valence-electron chi connectivity index (χ3n) is 4.25. The van der Waals surface area contributed by atoms with Gasteiger partial charge >= 0.3 is 10.2 Å². The van der Waals surface area contributed by atoms with Crippen LogP contribution in [-0.4, -0.2) is 38.6 Å². The molecule has 0 saturated carbocycles. The molecule has 2 atom stereocenters. The van der Waals surface area contributed by atoms with Crippen molar-refractivity contribution in [3.63, 3.8) is 0 Å². The van der Waals surface area contributed by atoms with Crippen molar-refractivity contribution >= 4 is 16.1 Å². The van der Waals surface area contributed by atoms with E-state index in [9.17, 15) is 17.6 Å². The van der Waals surface area contributed by atoms with Gasteiger partial charge in [-0.15, -0.1) is 0 Å². The van der Waals surface area contributed by atoms with Crippen molar-refractivity contribution in [1.82, 2.24) is 9.19 Å². The van der Waals surface area contributed by atoms with Crippen molar-refractivity contribution in [3.05, 3.63) is 71.0 Å². The highest BCUT2D eigenvalue weighted by atomic mass is 32.2. The first-order valence-corrected chi connectivity index (χ1v) is 9.61. The molecule has 1 aliphatic heterocycles. The van der Waals surface area contributed by atoms with Gasteiger partial charge < -0.3 is 4.74 Å². The molecule has 27 heavy (non-hydrogen) atoms. The van der Waals surface area contributed by atoms with Crippen LogP contribution in [0.2, 0.25) is 0 Å². The minimum atomic E-state index is -4.28. The Balaban J connectivity index is 1.79. The van der Waals surface area contributed by atoms with Crippen molar-refractivity contribution in [2.75, 3.05) is 13.7 Å². The third kappa shape index (κ3) is 4.01. The molecule has 1 saturated heterocycles. The van der Waals surface area contributed by atoms with E-state index in [0.29, 0.717) is 15.6 Å². The van der Waals surface area contributed by atoms with Gasteiger partial charge in [-0.05, 0) is 36.2 Å². The number of nitrogens with one attached hydrogen (secondary N) is 1. The molecular weight excluding hydrogens is 375 g/mol. The minimum absolute atomic E-state index is 0.0787. The molecule has 0 aliphatic carbocycles. The summed E-state index contributed by atoms with van der Waals surface area (Å²) in [6.45, 7) is 1.69. The second kappa shape index (κ2) is 7.73. The summed E-state index contributed by atoms with van der Waals surface area (Å²) < 4.78 is 46.9. The van der Waals surface area contributed by atoms with E-state index >= 15 is 0 Å². The smallest absolute Gasteiger partial charge is 0.326 e. The van der Waals surface area contributed by atoms with Crippen molar-refractivity contribution in [2.45, 2.75) is 19.1 Å². The predicted molar refractivity (Wildman–Crippen MR) is 95.3 cm³/mol. The highest BCUT2D eigenvalue weighted by molar-refractivity contribution is 7.87. The van der Waals surface area contributed by atoms with Crippen molar-refractivity contribution < 1.29 is 27.2 Å². The summed E-state index contributed by atoms with van der Waals surface area (Å²) in [5.74, 6) is -1.13. The number of hydroxylamine groups is 1. The van der Waals surface area contributed by atoms with E-state index in [2.05, 4.69) is 0 Å². The Hall–Kier alpha value is -2.33. The standard InChI is InChI=1S/C18H19FN2O5S/c1-12-10-14(8-9-15(12)19)17-16(11-26-17)21(25-2)27(23,24)20-18(22)13-6-4-3-5-7-13/h3-10,16-17H,11H2,1-2H3,(H,20,22). The zero-order valence-corrected chi connectivity index (χ0v) is 15.6. The lowest BCUT2D eigenvalue weighted by atomic mass is 9.97. The number of ether oxygens (including phenoxy) is 1. The number of hydrogen-bond acceptors (Lipinski definition) is 5. The molecule has 0 aromatic heterocycles. The van der Waals surface area contributed by atoms with E-state index in [-0.39, 0.29) is 18.0 Å². The molecule has 0 spiro atoms. The number of amides is 1. The average Bonchev–Trinajstić information content (AvgIpc) is 2.61. The largest absolute Gasteiger partial charge is 0.370 e. The van der Waals surface area contributed by atoms with Crippen LogP contribution in [0.1, 0.15) is 27.6 Å². The Bertz CT molecular complexity index is 936. The fraction of sp³-hybridized carbons (Fsp3) is 0.278. The van der Waals surface area contributed by atoms with Crippen LogP contribution in [0, 0.1) is 12.7 Å². The molecule has 2 aromatic rings. The molecule has 1 aliphatic rings. The first-order valence-electron chi connectivity index (χ1n) is 8.17. The SMILES string of the molecule is CON(C1COC1c1ccc(F)c(C)c1)S(=O)(=O)NC(=O)c1ccccc1. The van der Waals surface area contributed by atoms with Crippen LogP contribution in [0.25, 0.3) is 0 Å². The third-order valence-corrected chi connectivity index (χ3v) is 5.59. The molecule has 7 nitrogen and oxygen atoms in total. The van der Waals surface area contributed by atoms with Gasteiger partial charge in [0.05, 0.1) is 13.7 Å². The Morgan fingerprint density at radius 1 is 1.26 bits per heavy atom. The van der Waals surface area contributed by atoms with Gasteiger partial charge in [0.25, 0.3) is 5.91 Å². The van der Waals surface area contributed by atoms with Gasteiger partial charge in [0.2, 0.25) is 0 Å². The van der Waals surface area contributed by atoms with Crippen LogP contribution in [0.5, 0.6) is 0 Å². The molecule has 2 unspecified atom stereocenters. The molecule has 2 aromatic carbocycles. The van der Waals surface area contributed by atoms with Gasteiger partial charge in [-0.1, -0.05) is 34.8 Å². The van der Waals surface area contributed by atoms with Crippen molar-refractivity contribution in [2.24, 2.45) is 0 Å². The first-order chi connectivity index (χ1) is 12.8. The van der Waals surface area contributed by atoms with E-state index in [1.165, 1.54) is 31.4 Å². The zero-order valence-electron chi connectivity index (χ0n) is 14.8. The second-order valence-corrected chi connectivity index (χ2v) is 7.58. The zero-order chi connectivity index (χ0) is 19.6. The summed E-state index contributed by atoms with van der Waals surface area (Å²) in [7, 11) is -3.09. The van der Waals surface area contributed by atoms with Gasteiger partial charge in [0.1, 0.15) is 18.0 Å². The topological polar surface area (TPSA) is 84.9 Å². The number of benzene rings is 2. The molecule has 144 valence electrons. The van der Waals surface area contributed by atoms with Crippen LogP contribution in [-0.2, 0) is 19.8 Å². The number of aryl methyl sites for hydroxylation is 1. The molecule has 1 fully saturated rings. The summed E-state index contributed by atoms with van der Waals surface area (Å²) in [6, 6.07) is 11.7. The second-order valence-electron chi connectivity index (χ2n) is 6.07. The molecule has 9 heteroatoms. The Morgan fingerprint density at radius 3 is 2.52 bits per heavy atom. The highest BCUT2D eigenvalue weighted by Gasteiger charge is 2.45. The number of rotatable bonds is 6. The van der Waals surface area contributed by atoms with E-state index in [1.807, 2.05) is 4.72 Å². The fourth-order valence-electron chi connectivity index (χ4n) is 2.84. The number of carbonyl (C=O) groups is 1. The number of hydrogen-bond donors (Lipinski definition) is 1. The normalized spacial score (nSPS) is 19.6. The maximum Gasteiger partial charge on any atom is 0.326 e. The summed E-state index contributed by atoms with van der Waals surface area (Å²) >= 11 is 0. The van der Waals surface area contributed by atoms with Gasteiger partial charge in [-0.2, -0.15) is 8.42 Å². The molecule has 1 N–H and O–H groups in total. The van der Waals surface area contributed by atoms with Gasteiger partial charge in [0, 0.05) is 5.56 Å². The van der Waals surface area contributed by atoms with Gasteiger partial charge in [-0.3, -0.25) is 9.63 Å². The maximum absolute atomic E-state index is 13.5. The summed E-state index contributed by atoms with van der Waals surface area (Å²) in [6.07, 6.45) is -0.632. The molecule has 0 radical (unpaired) electrons. The monoisotopic (exact) mass is 394 g/mol. The Labute approximate surface area is 156 Å². The lowest BCUT2D eigenvalue weighted by Gasteiger charge is -2.41. The van der Waals surface area contributed by atoms with Crippen LogP contribution in [0.4, 0.5) is 4.39 Å². The Morgan fingerprint density at radius 2 is 1.96 bits per heavy atom. The Kier molecular flexibility index (Phi) is 5.56. The molecule has 0 bridgehead atoms. The van der Waals surface area contributed by atoms with Crippen molar-refractivity contribution in [1.29, 1.82) is 0 Å². The van der Waals surface area contributed by atoms with E-state index in [0.717, 1.165) is 0 Å². The summed E-state index contributed by atoms with van der Waals surface area (Å²) in [4.78, 5) is 17.2. The highest BCUT2D eigenvalue weighted by Crippen LogP contribution is 2.35. The molecular formula is C18H19FN2O5S. The molecule has 1 amide bonds. The van der Waals surface area contributed by atoms with E-state index < -0.39 is 28.3 Å². The van der Waals surface area contributed by atoms with E-state index in [4.69, 9.17) is 9.57 Å². The lowest BCUT2D eigenvalue weighted by Crippen LogP contribution is -2.56. The summed E-state index contributed by atoms with van der Waals surface area (Å²) in [5, 5.41) is 0. The average molecular weight is 394 g/mol. The number of carbonyl (C=O) groups excluding carboxylic acids is 1. The molecule has 1 heterocycles. The predicted octanol–water partition coefficient (Wildman–Crippen LogP) is 2.11. The fourth-order valence-corrected chi connectivity index (χ4v) is 4.00. The quantitative estimate of drug-likeness (QED) is 0.759. The van der Waals surface area contributed by atoms with Crippen molar-refractivity contribution in [3.8, 4) is 0 Å². The van der Waals surface area contributed by atoms with E-state index in [1.54, 1.807) is 31.2 Å². The van der Waals surface area contributed by atoms with Crippen LogP contribution in [0.3, 0.4) is 0 Å². The van der Waals surface area contributed by atoms with Gasteiger partial charge in [-0.25, -0.2) is 9.11 Å². The number of nitrogens with zero attached hydrogens (tertiary/aromatic N) is 1. The molecule has 3 rings (SSSR count). The van der Waals surface area contributed by atoms with Crippen LogP contribution < -0.4 is 4.72 Å². The van der Waals surface area contributed by atoms with Gasteiger partial charge in [0.15, 0.2) is 0 Å². The maximum atomic E-state index is 13.5. The minimum Gasteiger partial charge on any atom is -0.370 e. The first kappa shape index (κ1) is 19.4. The summed E-state index contributed by atoms with van der Waals surface area (Å²) in [5.41, 5.74) is 1.25. The van der Waals surface area contributed by atoms with Crippen LogP contribution in [0.15, 0.2) is 48.5 Å².